The van der Waals surface area contributed by atoms with Crippen molar-refractivity contribution in [3.05, 3.63) is 54.1 Å². The molecular weight excluding hydrogens is 410 g/mol. The first-order valence-corrected chi connectivity index (χ1v) is 11.1. The third-order valence-electron chi connectivity index (χ3n) is 4.05. The highest BCUT2D eigenvalue weighted by Crippen LogP contribution is 2.15. The van der Waals surface area contributed by atoms with Crippen LogP contribution in [-0.2, 0) is 10.0 Å². The van der Waals surface area contributed by atoms with Crippen molar-refractivity contribution in [3.63, 3.8) is 0 Å². The molecule has 0 aromatic heterocycles. The Morgan fingerprint density at radius 2 is 1.69 bits per heavy atom. The Kier molecular flexibility index (Phi) is 8.12. The van der Waals surface area contributed by atoms with Gasteiger partial charge in [0, 0.05) is 17.3 Å². The molecule has 29 heavy (non-hydrogen) atoms. The Balaban J connectivity index is 1.96. The molecule has 0 aliphatic rings. The van der Waals surface area contributed by atoms with Gasteiger partial charge in [0.1, 0.15) is 5.75 Å². The van der Waals surface area contributed by atoms with E-state index in [0.29, 0.717) is 30.0 Å². The van der Waals surface area contributed by atoms with E-state index in [1.165, 1.54) is 12.1 Å². The van der Waals surface area contributed by atoms with Gasteiger partial charge in [-0.2, -0.15) is 0 Å². The lowest BCUT2D eigenvalue weighted by atomic mass is 10.2. The molecule has 0 heterocycles. The zero-order chi connectivity index (χ0) is 21.4. The number of carbonyl (C=O) groups is 1. The van der Waals surface area contributed by atoms with E-state index in [2.05, 4.69) is 15.4 Å². The zero-order valence-corrected chi connectivity index (χ0v) is 18.2. The minimum atomic E-state index is -3.57. The molecule has 2 rings (SSSR count). The van der Waals surface area contributed by atoms with Gasteiger partial charge in [0.05, 0.1) is 11.5 Å². The third-order valence-corrected chi connectivity index (χ3v) is 5.86. The Hall–Kier alpha value is -2.49. The fourth-order valence-electron chi connectivity index (χ4n) is 2.34. The predicted octanol–water partition coefficient (Wildman–Crippen LogP) is 3.29. The van der Waals surface area contributed by atoms with Crippen LogP contribution in [0, 0.1) is 0 Å². The van der Waals surface area contributed by atoms with Gasteiger partial charge in [-0.15, -0.1) is 0 Å². The number of ether oxygens (including phenoxy) is 1. The van der Waals surface area contributed by atoms with Crippen LogP contribution >= 0.6 is 12.2 Å². The van der Waals surface area contributed by atoms with Crippen LogP contribution in [0.1, 0.15) is 37.6 Å². The lowest BCUT2D eigenvalue weighted by molar-refractivity contribution is 0.0977. The first kappa shape index (κ1) is 22.8. The Labute approximate surface area is 176 Å². The van der Waals surface area contributed by atoms with Crippen LogP contribution < -0.4 is 20.1 Å². The normalized spacial score (nSPS) is 12.1. The summed E-state index contributed by atoms with van der Waals surface area (Å²) in [5, 5.41) is 5.56. The standard InChI is InChI=1S/C20H25N3O4S2/c1-4-14(3)23-29(25,26)18-12-8-16(9-13-18)21-20(28)22-19(24)15-6-10-17(11-7-15)27-5-2/h6-14,23H,4-5H2,1-3H3,(H2,21,22,24,28). The van der Waals surface area contributed by atoms with E-state index in [0.717, 1.165) is 0 Å². The third kappa shape index (κ3) is 6.81. The molecule has 1 amide bonds. The summed E-state index contributed by atoms with van der Waals surface area (Å²) in [5.74, 6) is 0.324. The Bertz CT molecular complexity index is 943. The predicted molar refractivity (Wildman–Crippen MR) is 118 cm³/mol. The number of benzene rings is 2. The molecule has 2 aromatic carbocycles. The minimum Gasteiger partial charge on any atom is -0.494 e. The van der Waals surface area contributed by atoms with E-state index in [-0.39, 0.29) is 22.0 Å². The van der Waals surface area contributed by atoms with Crippen LogP contribution in [0.5, 0.6) is 5.75 Å². The fourth-order valence-corrected chi connectivity index (χ4v) is 3.88. The van der Waals surface area contributed by atoms with Crippen molar-refractivity contribution >= 4 is 38.9 Å². The first-order chi connectivity index (χ1) is 13.7. The van der Waals surface area contributed by atoms with Crippen LogP contribution in [0.4, 0.5) is 5.69 Å². The number of rotatable bonds is 8. The molecule has 156 valence electrons. The van der Waals surface area contributed by atoms with Crippen molar-refractivity contribution in [2.24, 2.45) is 0 Å². The van der Waals surface area contributed by atoms with Gasteiger partial charge in [0.15, 0.2) is 5.11 Å². The molecule has 1 unspecified atom stereocenters. The van der Waals surface area contributed by atoms with Crippen LogP contribution in [0.25, 0.3) is 0 Å². The highest BCUT2D eigenvalue weighted by molar-refractivity contribution is 7.89. The molecule has 1 atom stereocenters. The maximum Gasteiger partial charge on any atom is 0.257 e. The van der Waals surface area contributed by atoms with Crippen molar-refractivity contribution in [2.75, 3.05) is 11.9 Å². The lowest BCUT2D eigenvalue weighted by Gasteiger charge is -2.13. The second-order valence-corrected chi connectivity index (χ2v) is 8.44. The summed E-state index contributed by atoms with van der Waals surface area (Å²) in [7, 11) is -3.57. The van der Waals surface area contributed by atoms with Crippen LogP contribution in [-0.4, -0.2) is 32.1 Å². The quantitative estimate of drug-likeness (QED) is 0.551. The summed E-state index contributed by atoms with van der Waals surface area (Å²) in [4.78, 5) is 12.4. The van der Waals surface area contributed by atoms with Gasteiger partial charge in [-0.3, -0.25) is 10.1 Å². The molecule has 0 radical (unpaired) electrons. The van der Waals surface area contributed by atoms with E-state index < -0.39 is 10.0 Å². The largest absolute Gasteiger partial charge is 0.494 e. The van der Waals surface area contributed by atoms with E-state index in [1.54, 1.807) is 43.3 Å². The highest BCUT2D eigenvalue weighted by Gasteiger charge is 2.16. The van der Waals surface area contributed by atoms with Gasteiger partial charge >= 0.3 is 0 Å². The second-order valence-electron chi connectivity index (χ2n) is 6.32. The molecule has 0 saturated carbocycles. The summed E-state index contributed by atoms with van der Waals surface area (Å²) < 4.78 is 32.5. The molecule has 0 aliphatic heterocycles. The monoisotopic (exact) mass is 435 g/mol. The van der Waals surface area contributed by atoms with Gasteiger partial charge in [-0.05, 0) is 81.0 Å². The molecule has 0 aliphatic carbocycles. The lowest BCUT2D eigenvalue weighted by Crippen LogP contribution is -2.34. The van der Waals surface area contributed by atoms with Gasteiger partial charge in [0.25, 0.3) is 5.91 Å². The van der Waals surface area contributed by atoms with Crippen LogP contribution in [0.15, 0.2) is 53.4 Å². The fraction of sp³-hybridized carbons (Fsp3) is 0.300. The summed E-state index contributed by atoms with van der Waals surface area (Å²) in [6, 6.07) is 12.7. The second kappa shape index (κ2) is 10.3. The van der Waals surface area contributed by atoms with Crippen molar-refractivity contribution in [1.82, 2.24) is 10.0 Å². The summed E-state index contributed by atoms with van der Waals surface area (Å²) in [5.41, 5.74) is 1.000. The maximum absolute atomic E-state index is 12.3. The van der Waals surface area contributed by atoms with E-state index >= 15 is 0 Å². The van der Waals surface area contributed by atoms with Crippen molar-refractivity contribution in [2.45, 2.75) is 38.1 Å². The number of amides is 1. The molecular formula is C20H25N3O4S2. The number of anilines is 1. The minimum absolute atomic E-state index is 0.109. The zero-order valence-electron chi connectivity index (χ0n) is 16.6. The average Bonchev–Trinajstić information content (AvgIpc) is 2.68. The number of hydrogen-bond acceptors (Lipinski definition) is 5. The highest BCUT2D eigenvalue weighted by atomic mass is 32.2. The number of thiocarbonyl (C=S) groups is 1. The molecule has 3 N–H and O–H groups in total. The Morgan fingerprint density at radius 3 is 2.24 bits per heavy atom. The molecule has 9 heteroatoms. The summed E-state index contributed by atoms with van der Waals surface area (Å²) in [6.45, 7) is 6.14. The molecule has 7 nitrogen and oxygen atoms in total. The summed E-state index contributed by atoms with van der Waals surface area (Å²) >= 11 is 5.16. The number of hydrogen-bond donors (Lipinski definition) is 3. The van der Waals surface area contributed by atoms with Gasteiger partial charge < -0.3 is 10.1 Å². The molecule has 0 spiro atoms. The van der Waals surface area contributed by atoms with E-state index in [9.17, 15) is 13.2 Å². The maximum atomic E-state index is 12.3. The van der Waals surface area contributed by atoms with Crippen molar-refractivity contribution in [3.8, 4) is 5.75 Å². The van der Waals surface area contributed by atoms with Crippen molar-refractivity contribution < 1.29 is 17.9 Å². The SMILES string of the molecule is CCOc1ccc(C(=O)NC(=S)Nc2ccc(S(=O)(=O)NC(C)CC)cc2)cc1. The summed E-state index contributed by atoms with van der Waals surface area (Å²) in [6.07, 6.45) is 0.696. The number of carbonyl (C=O) groups excluding carboxylic acids is 1. The van der Waals surface area contributed by atoms with Gasteiger partial charge in [0.2, 0.25) is 10.0 Å². The first-order valence-electron chi connectivity index (χ1n) is 9.22. The molecule has 0 fully saturated rings. The average molecular weight is 436 g/mol. The van der Waals surface area contributed by atoms with Gasteiger partial charge in [-0.1, -0.05) is 6.92 Å². The van der Waals surface area contributed by atoms with Gasteiger partial charge in [-0.25, -0.2) is 13.1 Å². The topological polar surface area (TPSA) is 96.5 Å². The smallest absolute Gasteiger partial charge is 0.257 e. The van der Waals surface area contributed by atoms with Crippen LogP contribution in [0.2, 0.25) is 0 Å². The molecule has 0 saturated heterocycles. The molecule has 0 bridgehead atoms. The number of nitrogens with one attached hydrogen (secondary N) is 3. The Morgan fingerprint density at radius 1 is 1.07 bits per heavy atom. The van der Waals surface area contributed by atoms with E-state index in [4.69, 9.17) is 17.0 Å². The van der Waals surface area contributed by atoms with Crippen molar-refractivity contribution in [1.29, 1.82) is 0 Å². The molecule has 2 aromatic rings. The number of sulfonamides is 1. The van der Waals surface area contributed by atoms with E-state index in [1.807, 2.05) is 13.8 Å². The van der Waals surface area contributed by atoms with Crippen LogP contribution in [0.3, 0.4) is 0 Å².